The topological polar surface area (TPSA) is 78.1 Å². The average molecular weight is 347 g/mol. The maximum atomic E-state index is 12.0. The summed E-state index contributed by atoms with van der Waals surface area (Å²) in [5, 5.41) is 16.7. The van der Waals surface area contributed by atoms with Gasteiger partial charge in [-0.2, -0.15) is 5.26 Å². The van der Waals surface area contributed by atoms with Gasteiger partial charge in [0.1, 0.15) is 5.58 Å². The Hall–Kier alpha value is -3.26. The van der Waals surface area contributed by atoms with Crippen LogP contribution in [0, 0.1) is 25.2 Å². The van der Waals surface area contributed by atoms with Crippen LogP contribution in [0.15, 0.2) is 45.6 Å². The zero-order valence-electron chi connectivity index (χ0n) is 15.1. The molecular formula is C21H21N3O2. The second-order valence-electron chi connectivity index (χ2n) is 6.23. The van der Waals surface area contributed by atoms with E-state index in [1.807, 2.05) is 39.0 Å². The molecule has 0 radical (unpaired) electrons. The first kappa shape index (κ1) is 17.6. The number of hydrogen-bond donors (Lipinski definition) is 2. The summed E-state index contributed by atoms with van der Waals surface area (Å²) in [7, 11) is 0. The molecule has 0 amide bonds. The smallest absolute Gasteiger partial charge is 0.336 e. The number of benzene rings is 2. The van der Waals surface area contributed by atoms with Crippen molar-refractivity contribution in [3.63, 3.8) is 0 Å². The van der Waals surface area contributed by atoms with Gasteiger partial charge in [-0.05, 0) is 55.7 Å². The third kappa shape index (κ3) is 3.40. The van der Waals surface area contributed by atoms with Crippen LogP contribution in [0.3, 0.4) is 0 Å². The highest BCUT2D eigenvalue weighted by Crippen LogP contribution is 2.26. The number of nitrogens with zero attached hydrogens (tertiary/aromatic N) is 1. The maximum Gasteiger partial charge on any atom is 0.336 e. The predicted molar refractivity (Wildman–Crippen MR) is 105 cm³/mol. The highest BCUT2D eigenvalue weighted by Gasteiger charge is 2.10. The Balaban J connectivity index is 2.00. The zero-order valence-corrected chi connectivity index (χ0v) is 15.1. The molecule has 3 rings (SSSR count). The van der Waals surface area contributed by atoms with Gasteiger partial charge in [-0.25, -0.2) is 4.79 Å². The molecule has 0 fully saturated rings. The Labute approximate surface area is 152 Å². The summed E-state index contributed by atoms with van der Waals surface area (Å²) in [5.74, 6) is 0. The number of fused-ring (bicyclic) bond motifs is 1. The lowest BCUT2D eigenvalue weighted by Gasteiger charge is -2.15. The highest BCUT2D eigenvalue weighted by atomic mass is 16.4. The van der Waals surface area contributed by atoms with E-state index in [0.29, 0.717) is 17.7 Å². The van der Waals surface area contributed by atoms with E-state index >= 15 is 0 Å². The number of nitrogens with one attached hydrogen (secondary N) is 2. The number of aryl methyl sites for hydroxylation is 2. The molecule has 2 aromatic carbocycles. The normalized spacial score (nSPS) is 10.5. The highest BCUT2D eigenvalue weighted by molar-refractivity contribution is 5.84. The SMILES string of the molecule is CCNc1ccc(C#N)cc1NCc1cc(=O)oc2c(C)c(C)ccc12. The van der Waals surface area contributed by atoms with Crippen LogP contribution in [0.25, 0.3) is 11.0 Å². The minimum atomic E-state index is -0.360. The lowest BCUT2D eigenvalue weighted by Crippen LogP contribution is -2.08. The first-order valence-electron chi connectivity index (χ1n) is 8.58. The fourth-order valence-electron chi connectivity index (χ4n) is 2.97. The van der Waals surface area contributed by atoms with E-state index in [1.165, 1.54) is 6.07 Å². The van der Waals surface area contributed by atoms with Crippen LogP contribution in [-0.4, -0.2) is 6.54 Å². The van der Waals surface area contributed by atoms with Crippen molar-refractivity contribution >= 4 is 22.3 Å². The second-order valence-corrected chi connectivity index (χ2v) is 6.23. The van der Waals surface area contributed by atoms with Gasteiger partial charge >= 0.3 is 5.63 Å². The van der Waals surface area contributed by atoms with E-state index in [-0.39, 0.29) is 5.63 Å². The van der Waals surface area contributed by atoms with Gasteiger partial charge in [-0.15, -0.1) is 0 Å². The molecule has 132 valence electrons. The molecule has 1 aromatic heterocycles. The number of hydrogen-bond acceptors (Lipinski definition) is 5. The molecule has 3 aromatic rings. The standard InChI is InChI=1S/C21H21N3O2/c1-4-23-18-8-6-15(11-22)9-19(18)24-12-16-10-20(25)26-21-14(3)13(2)5-7-17(16)21/h5-10,23-24H,4,12H2,1-3H3. The van der Waals surface area contributed by atoms with E-state index in [1.54, 1.807) is 12.1 Å². The third-order valence-electron chi connectivity index (χ3n) is 4.50. The van der Waals surface area contributed by atoms with Crippen molar-refractivity contribution in [3.05, 3.63) is 69.1 Å². The van der Waals surface area contributed by atoms with Crippen LogP contribution in [0.1, 0.15) is 29.2 Å². The molecule has 1 heterocycles. The van der Waals surface area contributed by atoms with Crippen molar-refractivity contribution in [3.8, 4) is 6.07 Å². The van der Waals surface area contributed by atoms with E-state index in [2.05, 4.69) is 16.7 Å². The van der Waals surface area contributed by atoms with Crippen molar-refractivity contribution < 1.29 is 4.42 Å². The third-order valence-corrected chi connectivity index (χ3v) is 4.50. The number of anilines is 2. The van der Waals surface area contributed by atoms with E-state index < -0.39 is 0 Å². The fourth-order valence-corrected chi connectivity index (χ4v) is 2.97. The summed E-state index contributed by atoms with van der Waals surface area (Å²) >= 11 is 0. The van der Waals surface area contributed by atoms with Crippen LogP contribution >= 0.6 is 0 Å². The van der Waals surface area contributed by atoms with Crippen molar-refractivity contribution in [2.75, 3.05) is 17.2 Å². The van der Waals surface area contributed by atoms with Gasteiger partial charge in [0.15, 0.2) is 0 Å². The van der Waals surface area contributed by atoms with Gasteiger partial charge < -0.3 is 15.1 Å². The molecule has 0 aliphatic heterocycles. The molecule has 0 bridgehead atoms. The van der Waals surface area contributed by atoms with Gasteiger partial charge in [-0.1, -0.05) is 12.1 Å². The summed E-state index contributed by atoms with van der Waals surface area (Å²) in [6.07, 6.45) is 0. The van der Waals surface area contributed by atoms with Crippen LogP contribution in [0.2, 0.25) is 0 Å². The number of rotatable bonds is 5. The van der Waals surface area contributed by atoms with Gasteiger partial charge in [0.2, 0.25) is 0 Å². The van der Waals surface area contributed by atoms with E-state index in [0.717, 1.165) is 40.0 Å². The summed E-state index contributed by atoms with van der Waals surface area (Å²) in [6, 6.07) is 13.2. The van der Waals surface area contributed by atoms with Crippen LogP contribution in [0.4, 0.5) is 11.4 Å². The van der Waals surface area contributed by atoms with Crippen molar-refractivity contribution in [1.82, 2.24) is 0 Å². The van der Waals surface area contributed by atoms with Crippen LogP contribution < -0.4 is 16.3 Å². The van der Waals surface area contributed by atoms with Crippen LogP contribution in [-0.2, 0) is 6.54 Å². The summed E-state index contributed by atoms with van der Waals surface area (Å²) < 4.78 is 5.43. The van der Waals surface area contributed by atoms with Gasteiger partial charge in [0.25, 0.3) is 0 Å². The first-order valence-corrected chi connectivity index (χ1v) is 8.58. The average Bonchev–Trinajstić information content (AvgIpc) is 2.64. The monoisotopic (exact) mass is 347 g/mol. The lowest BCUT2D eigenvalue weighted by molar-refractivity contribution is 0.556. The summed E-state index contributed by atoms with van der Waals surface area (Å²) in [6.45, 7) is 7.20. The predicted octanol–water partition coefficient (Wildman–Crippen LogP) is 4.33. The number of nitriles is 1. The molecule has 2 N–H and O–H groups in total. The molecule has 5 nitrogen and oxygen atoms in total. The van der Waals surface area contributed by atoms with Crippen molar-refractivity contribution in [2.45, 2.75) is 27.3 Å². The largest absolute Gasteiger partial charge is 0.422 e. The summed E-state index contributed by atoms with van der Waals surface area (Å²) in [4.78, 5) is 12.0. The minimum Gasteiger partial charge on any atom is -0.422 e. The molecule has 0 spiro atoms. The van der Waals surface area contributed by atoms with Gasteiger partial charge in [0, 0.05) is 24.5 Å². The fraction of sp³-hybridized carbons (Fsp3) is 0.238. The molecule has 5 heteroatoms. The molecule has 0 aliphatic rings. The molecular weight excluding hydrogens is 326 g/mol. The van der Waals surface area contributed by atoms with Crippen molar-refractivity contribution in [1.29, 1.82) is 5.26 Å². The summed E-state index contributed by atoms with van der Waals surface area (Å²) in [5.41, 5.74) is 5.53. The molecule has 0 saturated heterocycles. The quantitative estimate of drug-likeness (QED) is 0.672. The second kappa shape index (κ2) is 7.32. The molecule has 26 heavy (non-hydrogen) atoms. The van der Waals surface area contributed by atoms with Gasteiger partial charge in [-0.3, -0.25) is 0 Å². The zero-order chi connectivity index (χ0) is 18.7. The maximum absolute atomic E-state index is 12.0. The lowest BCUT2D eigenvalue weighted by atomic mass is 10.0. The Bertz CT molecular complexity index is 1060. The van der Waals surface area contributed by atoms with E-state index in [9.17, 15) is 4.79 Å². The first-order chi connectivity index (χ1) is 12.5. The molecule has 0 atom stereocenters. The van der Waals surface area contributed by atoms with E-state index in [4.69, 9.17) is 9.68 Å². The Morgan fingerprint density at radius 3 is 2.62 bits per heavy atom. The Kier molecular flexibility index (Phi) is 4.94. The van der Waals surface area contributed by atoms with Gasteiger partial charge in [0.05, 0.1) is 23.0 Å². The van der Waals surface area contributed by atoms with Crippen molar-refractivity contribution in [2.24, 2.45) is 0 Å². The minimum absolute atomic E-state index is 0.360. The Morgan fingerprint density at radius 1 is 1.08 bits per heavy atom. The van der Waals surface area contributed by atoms with Crippen LogP contribution in [0.5, 0.6) is 0 Å². The Morgan fingerprint density at radius 2 is 1.88 bits per heavy atom. The molecule has 0 aliphatic carbocycles. The molecule has 0 saturated carbocycles. The molecule has 0 unspecified atom stereocenters.